The molecule has 0 spiro atoms. The van der Waals surface area contributed by atoms with Crippen molar-refractivity contribution in [3.63, 3.8) is 0 Å². The molecule has 1 unspecified atom stereocenters. The molecule has 0 bridgehead atoms. The Bertz CT molecular complexity index is 827. The van der Waals surface area contributed by atoms with Crippen molar-refractivity contribution in [2.45, 2.75) is 18.6 Å². The molecule has 138 valence electrons. The monoisotopic (exact) mass is 382 g/mol. The van der Waals surface area contributed by atoms with Gasteiger partial charge in [-0.3, -0.25) is 4.98 Å². The molecule has 0 saturated heterocycles. The fourth-order valence-electron chi connectivity index (χ4n) is 2.59. The van der Waals surface area contributed by atoms with Crippen molar-refractivity contribution in [1.82, 2.24) is 4.98 Å². The Hall–Kier alpha value is -2.39. The maximum atomic E-state index is 12.4. The Morgan fingerprint density at radius 3 is 2.58 bits per heavy atom. The van der Waals surface area contributed by atoms with E-state index < -0.39 is 18.3 Å². The summed E-state index contributed by atoms with van der Waals surface area (Å²) < 4.78 is 42.2. The van der Waals surface area contributed by atoms with E-state index in [0.29, 0.717) is 22.0 Å². The molecule has 1 aliphatic rings. The predicted octanol–water partition coefficient (Wildman–Crippen LogP) is 3.41. The van der Waals surface area contributed by atoms with Crippen molar-refractivity contribution in [3.8, 4) is 5.75 Å². The largest absolute Gasteiger partial charge is 0.484 e. The molecule has 0 radical (unpaired) electrons. The molecule has 2 aromatic rings. The zero-order valence-electron chi connectivity index (χ0n) is 13.8. The molecule has 2 heterocycles. The first-order chi connectivity index (χ1) is 12.3. The van der Waals surface area contributed by atoms with E-state index in [1.165, 1.54) is 24.0 Å². The number of benzene rings is 1. The topological polar surface area (TPSA) is 77.4 Å². The summed E-state index contributed by atoms with van der Waals surface area (Å²) in [5.41, 5.74) is 13.8. The number of para-hydroxylation sites is 1. The number of nitrogens with two attached hydrogens (primary N) is 2. The normalized spacial score (nSPS) is 17.7. The second-order valence-electron chi connectivity index (χ2n) is 5.61. The molecule has 1 aromatic heterocycles. The number of thioether (sulfide) groups is 1. The Morgan fingerprint density at radius 2 is 1.92 bits per heavy atom. The Labute approximate surface area is 152 Å². The second kappa shape index (κ2) is 7.08. The molecule has 0 aliphatic carbocycles. The summed E-state index contributed by atoms with van der Waals surface area (Å²) in [6, 6.07) is 10.8. The van der Waals surface area contributed by atoms with Crippen molar-refractivity contribution >= 4 is 22.4 Å². The summed E-state index contributed by atoms with van der Waals surface area (Å²) in [4.78, 5) is 6.64. The summed E-state index contributed by atoms with van der Waals surface area (Å²) in [5.74, 6) is 0.511. The van der Waals surface area contributed by atoms with Crippen molar-refractivity contribution in [2.75, 3.05) is 11.5 Å². The van der Waals surface area contributed by atoms with Gasteiger partial charge in [0.25, 0.3) is 0 Å². The van der Waals surface area contributed by atoms with Gasteiger partial charge in [-0.15, -0.1) is 0 Å². The van der Waals surface area contributed by atoms with Gasteiger partial charge < -0.3 is 21.1 Å². The van der Waals surface area contributed by atoms with E-state index in [1.807, 2.05) is 30.3 Å². The third-order valence-corrected chi connectivity index (χ3v) is 4.87. The molecule has 0 saturated carbocycles. The second-order valence-corrected chi connectivity index (χ2v) is 6.74. The van der Waals surface area contributed by atoms with E-state index in [1.54, 1.807) is 11.8 Å². The minimum absolute atomic E-state index is 0.111. The molecule has 1 atom stereocenters. The zero-order valence-corrected chi connectivity index (χ0v) is 14.6. The van der Waals surface area contributed by atoms with Crippen LogP contribution < -0.4 is 21.1 Å². The van der Waals surface area contributed by atoms with Crippen LogP contribution in [0.2, 0.25) is 0 Å². The minimum Gasteiger partial charge on any atom is -0.484 e. The van der Waals surface area contributed by atoms with Crippen LogP contribution in [-0.4, -0.2) is 23.3 Å². The highest BCUT2D eigenvalue weighted by Crippen LogP contribution is 2.43. The van der Waals surface area contributed by atoms with E-state index in [9.17, 15) is 13.2 Å². The lowest BCUT2D eigenvalue weighted by molar-refractivity contribution is -0.153. The smallest absolute Gasteiger partial charge is 0.422 e. The molecular weight excluding hydrogens is 365 g/mol. The van der Waals surface area contributed by atoms with Gasteiger partial charge >= 0.3 is 6.18 Å². The van der Waals surface area contributed by atoms with Crippen molar-refractivity contribution in [3.05, 3.63) is 59.7 Å². The predicted molar refractivity (Wildman–Crippen MR) is 96.1 cm³/mol. The summed E-state index contributed by atoms with van der Waals surface area (Å²) in [6.45, 7) is 0.278. The third-order valence-electron chi connectivity index (χ3n) is 3.78. The number of aromatic nitrogens is 1. The Kier molecular flexibility index (Phi) is 5.01. The maximum absolute atomic E-state index is 12.4. The maximum Gasteiger partial charge on any atom is 0.422 e. The molecule has 4 N–H and O–H groups in total. The molecule has 9 heteroatoms. The number of anilines is 1. The Balaban J connectivity index is 1.95. The van der Waals surface area contributed by atoms with E-state index in [4.69, 9.17) is 16.2 Å². The van der Waals surface area contributed by atoms with Crippen molar-refractivity contribution in [1.29, 1.82) is 0 Å². The molecule has 5 nitrogen and oxygen atoms in total. The first kappa shape index (κ1) is 18.4. The molecule has 1 aliphatic heterocycles. The average molecular weight is 382 g/mol. The lowest BCUT2D eigenvalue weighted by Crippen LogP contribution is -2.37. The van der Waals surface area contributed by atoms with Crippen LogP contribution >= 0.6 is 11.8 Å². The number of alkyl halides is 3. The summed E-state index contributed by atoms with van der Waals surface area (Å²) in [6.07, 6.45) is -3.02. The summed E-state index contributed by atoms with van der Waals surface area (Å²) in [5, 5.41) is 0. The van der Waals surface area contributed by atoms with Gasteiger partial charge in [0.15, 0.2) is 6.61 Å². The minimum atomic E-state index is -4.41. The fraction of sp³-hybridized carbons (Fsp3) is 0.235. The van der Waals surface area contributed by atoms with Gasteiger partial charge in [0.05, 0.1) is 10.6 Å². The first-order valence-corrected chi connectivity index (χ1v) is 8.57. The van der Waals surface area contributed by atoms with Crippen molar-refractivity contribution < 1.29 is 17.9 Å². The number of halogens is 3. The highest BCUT2D eigenvalue weighted by molar-refractivity contribution is 8.09. The summed E-state index contributed by atoms with van der Waals surface area (Å²) in [7, 11) is 0. The SMILES string of the molecule is Cc1c(OCC(F)(F)F)ccnc1C1=C(N)N(c2ccccc2)C(N)S1. The molecule has 1 aromatic carbocycles. The van der Waals surface area contributed by atoms with E-state index in [0.717, 1.165) is 5.69 Å². The molecule has 3 rings (SSSR count). The van der Waals surface area contributed by atoms with Crippen LogP contribution in [0.4, 0.5) is 18.9 Å². The van der Waals surface area contributed by atoms with Gasteiger partial charge in [-0.05, 0) is 25.1 Å². The quantitative estimate of drug-likeness (QED) is 0.844. The van der Waals surface area contributed by atoms with Crippen LogP contribution in [0.5, 0.6) is 5.75 Å². The summed E-state index contributed by atoms with van der Waals surface area (Å²) >= 11 is 1.29. The molecule has 0 amide bonds. The van der Waals surface area contributed by atoms with Crippen molar-refractivity contribution in [2.24, 2.45) is 11.5 Å². The van der Waals surface area contributed by atoms with Gasteiger partial charge in [0, 0.05) is 17.4 Å². The third kappa shape index (κ3) is 3.73. The van der Waals surface area contributed by atoms with Gasteiger partial charge in [0.1, 0.15) is 17.1 Å². The Morgan fingerprint density at radius 1 is 1.23 bits per heavy atom. The number of hydrogen-bond acceptors (Lipinski definition) is 6. The standard InChI is InChI=1S/C17H17F3N4OS/c1-10-12(25-9-17(18,19)20)7-8-23-13(10)14-15(21)24(16(22)26-14)11-5-3-2-4-6-11/h2-8,16H,9,21-22H2,1H3. The van der Waals surface area contributed by atoms with Gasteiger partial charge in [-0.1, -0.05) is 30.0 Å². The number of ether oxygens (including phenoxy) is 1. The van der Waals surface area contributed by atoms with Crippen LogP contribution in [0.15, 0.2) is 48.4 Å². The van der Waals surface area contributed by atoms with Gasteiger partial charge in [0.2, 0.25) is 0 Å². The average Bonchev–Trinajstić information content (AvgIpc) is 2.88. The molecule has 0 fully saturated rings. The lowest BCUT2D eigenvalue weighted by Gasteiger charge is -2.23. The number of hydrogen-bond donors (Lipinski definition) is 2. The fourth-order valence-corrected chi connectivity index (χ4v) is 3.71. The molecule has 26 heavy (non-hydrogen) atoms. The van der Waals surface area contributed by atoms with Crippen LogP contribution in [0, 0.1) is 6.92 Å². The lowest BCUT2D eigenvalue weighted by atomic mass is 10.2. The van der Waals surface area contributed by atoms with E-state index in [2.05, 4.69) is 4.98 Å². The number of nitrogens with zero attached hydrogens (tertiary/aromatic N) is 2. The molecular formula is C17H17F3N4OS. The van der Waals surface area contributed by atoms with Crippen LogP contribution in [0.1, 0.15) is 11.3 Å². The highest BCUT2D eigenvalue weighted by Gasteiger charge is 2.33. The van der Waals surface area contributed by atoms with Crippen LogP contribution in [-0.2, 0) is 0 Å². The van der Waals surface area contributed by atoms with Gasteiger partial charge in [-0.25, -0.2) is 0 Å². The first-order valence-electron chi connectivity index (χ1n) is 7.70. The highest BCUT2D eigenvalue weighted by atomic mass is 32.2. The van der Waals surface area contributed by atoms with Crippen LogP contribution in [0.25, 0.3) is 4.91 Å². The van der Waals surface area contributed by atoms with E-state index >= 15 is 0 Å². The van der Waals surface area contributed by atoms with Gasteiger partial charge in [-0.2, -0.15) is 13.2 Å². The zero-order chi connectivity index (χ0) is 18.9. The van der Waals surface area contributed by atoms with Crippen LogP contribution in [0.3, 0.4) is 0 Å². The number of rotatable bonds is 4. The van der Waals surface area contributed by atoms with E-state index in [-0.39, 0.29) is 5.75 Å². The number of pyridine rings is 1.